The summed E-state index contributed by atoms with van der Waals surface area (Å²) in [5.74, 6) is 0. The van der Waals surface area contributed by atoms with Crippen molar-refractivity contribution in [1.82, 2.24) is 4.90 Å². The molecule has 2 aromatic rings. The van der Waals surface area contributed by atoms with Gasteiger partial charge >= 0.3 is 12.2 Å². The minimum absolute atomic E-state index is 0.213. The lowest BCUT2D eigenvalue weighted by molar-refractivity contribution is -0.00839. The molecule has 2 heterocycles. The standard InChI is InChI=1S/C23H26N2O4/c1-22(2,3)29-20(26)24-15-23(16-24)13-18-11-7-8-12-19(18)25(23)21(27)28-14-17-9-5-4-6-10-17/h4-12H,13-16H2,1-3H3. The van der Waals surface area contributed by atoms with Crippen molar-refractivity contribution in [3.8, 4) is 0 Å². The molecule has 1 saturated heterocycles. The Morgan fingerprint density at radius 2 is 1.62 bits per heavy atom. The van der Waals surface area contributed by atoms with Crippen molar-refractivity contribution in [1.29, 1.82) is 0 Å². The maximum atomic E-state index is 13.1. The van der Waals surface area contributed by atoms with Crippen LogP contribution in [0, 0.1) is 0 Å². The predicted molar refractivity (Wildman–Crippen MR) is 110 cm³/mol. The first-order chi connectivity index (χ1) is 13.8. The highest BCUT2D eigenvalue weighted by Crippen LogP contribution is 2.44. The molecule has 2 aliphatic heterocycles. The molecule has 0 aliphatic carbocycles. The van der Waals surface area contributed by atoms with Gasteiger partial charge in [-0.2, -0.15) is 0 Å². The smallest absolute Gasteiger partial charge is 0.415 e. The number of carbonyl (C=O) groups excluding carboxylic acids is 2. The molecule has 2 aliphatic rings. The van der Waals surface area contributed by atoms with E-state index in [1.54, 1.807) is 9.80 Å². The molecule has 152 valence electrons. The van der Waals surface area contributed by atoms with Crippen molar-refractivity contribution in [2.75, 3.05) is 18.0 Å². The van der Waals surface area contributed by atoms with Crippen LogP contribution in [0.5, 0.6) is 0 Å². The molecule has 0 radical (unpaired) electrons. The number of hydrogen-bond donors (Lipinski definition) is 0. The van der Waals surface area contributed by atoms with Crippen LogP contribution in [0.2, 0.25) is 0 Å². The fourth-order valence-electron chi connectivity index (χ4n) is 4.02. The van der Waals surface area contributed by atoms with Crippen LogP contribution in [0.3, 0.4) is 0 Å². The molecule has 29 heavy (non-hydrogen) atoms. The summed E-state index contributed by atoms with van der Waals surface area (Å²) in [5, 5.41) is 0. The van der Waals surface area contributed by atoms with Gasteiger partial charge in [0, 0.05) is 19.5 Å². The van der Waals surface area contributed by atoms with E-state index in [0.29, 0.717) is 19.5 Å². The van der Waals surface area contributed by atoms with E-state index < -0.39 is 11.1 Å². The van der Waals surface area contributed by atoms with Crippen LogP contribution in [-0.2, 0) is 22.5 Å². The molecule has 6 heteroatoms. The zero-order chi connectivity index (χ0) is 20.6. The number of benzene rings is 2. The molecular formula is C23H26N2O4. The van der Waals surface area contributed by atoms with Gasteiger partial charge in [-0.1, -0.05) is 48.5 Å². The Morgan fingerprint density at radius 1 is 0.966 bits per heavy atom. The van der Waals surface area contributed by atoms with Crippen LogP contribution >= 0.6 is 0 Å². The summed E-state index contributed by atoms with van der Waals surface area (Å²) in [6.45, 7) is 6.61. The highest BCUT2D eigenvalue weighted by Gasteiger charge is 2.57. The Bertz CT molecular complexity index is 914. The Balaban J connectivity index is 1.50. The fourth-order valence-corrected chi connectivity index (χ4v) is 4.02. The van der Waals surface area contributed by atoms with Gasteiger partial charge in [-0.15, -0.1) is 0 Å². The van der Waals surface area contributed by atoms with Gasteiger partial charge in [0.05, 0.1) is 11.2 Å². The largest absolute Gasteiger partial charge is 0.444 e. The summed E-state index contributed by atoms with van der Waals surface area (Å²) in [4.78, 5) is 28.9. The van der Waals surface area contributed by atoms with Gasteiger partial charge in [0.2, 0.25) is 0 Å². The van der Waals surface area contributed by atoms with Crippen molar-refractivity contribution in [3.63, 3.8) is 0 Å². The molecule has 0 saturated carbocycles. The molecule has 4 rings (SSSR count). The maximum Gasteiger partial charge on any atom is 0.415 e. The minimum Gasteiger partial charge on any atom is -0.444 e. The summed E-state index contributed by atoms with van der Waals surface area (Å²) >= 11 is 0. The van der Waals surface area contributed by atoms with E-state index in [0.717, 1.165) is 16.8 Å². The third kappa shape index (κ3) is 3.79. The van der Waals surface area contributed by atoms with Crippen molar-refractivity contribution >= 4 is 17.9 Å². The second-order valence-electron chi connectivity index (χ2n) is 8.74. The van der Waals surface area contributed by atoms with Crippen molar-refractivity contribution in [2.45, 2.75) is 44.9 Å². The lowest BCUT2D eigenvalue weighted by Crippen LogP contribution is -2.72. The minimum atomic E-state index is -0.549. The molecule has 0 unspecified atom stereocenters. The number of rotatable bonds is 2. The number of amides is 2. The van der Waals surface area contributed by atoms with E-state index in [9.17, 15) is 9.59 Å². The van der Waals surface area contributed by atoms with Gasteiger partial charge in [0.15, 0.2) is 0 Å². The van der Waals surface area contributed by atoms with E-state index >= 15 is 0 Å². The molecule has 0 aromatic heterocycles. The first-order valence-corrected chi connectivity index (χ1v) is 9.84. The van der Waals surface area contributed by atoms with Crippen LogP contribution < -0.4 is 4.90 Å². The van der Waals surface area contributed by atoms with Gasteiger partial charge in [-0.05, 0) is 38.0 Å². The molecule has 2 amide bonds. The van der Waals surface area contributed by atoms with Crippen LogP contribution in [-0.4, -0.2) is 41.3 Å². The molecule has 0 atom stereocenters. The van der Waals surface area contributed by atoms with E-state index in [2.05, 4.69) is 0 Å². The molecule has 1 fully saturated rings. The maximum absolute atomic E-state index is 13.1. The average molecular weight is 394 g/mol. The highest BCUT2D eigenvalue weighted by molar-refractivity contribution is 5.93. The summed E-state index contributed by atoms with van der Waals surface area (Å²) in [7, 11) is 0. The second-order valence-corrected chi connectivity index (χ2v) is 8.74. The van der Waals surface area contributed by atoms with Gasteiger partial charge in [-0.3, -0.25) is 4.90 Å². The number of para-hydroxylation sites is 1. The van der Waals surface area contributed by atoms with E-state index in [-0.39, 0.29) is 18.8 Å². The zero-order valence-electron chi connectivity index (χ0n) is 17.1. The molecule has 1 spiro atoms. The topological polar surface area (TPSA) is 59.1 Å². The summed E-state index contributed by atoms with van der Waals surface area (Å²) in [6, 6.07) is 17.5. The lowest BCUT2D eigenvalue weighted by atomic mass is 9.86. The quantitative estimate of drug-likeness (QED) is 0.759. The average Bonchev–Trinajstić information content (AvgIpc) is 3.00. The van der Waals surface area contributed by atoms with Crippen molar-refractivity contribution < 1.29 is 19.1 Å². The first-order valence-electron chi connectivity index (χ1n) is 9.84. The first kappa shape index (κ1) is 19.3. The number of carbonyl (C=O) groups is 2. The van der Waals surface area contributed by atoms with Crippen molar-refractivity contribution in [2.24, 2.45) is 0 Å². The van der Waals surface area contributed by atoms with Crippen molar-refractivity contribution in [3.05, 3.63) is 65.7 Å². The van der Waals surface area contributed by atoms with E-state index in [1.807, 2.05) is 75.4 Å². The van der Waals surface area contributed by atoms with Crippen LogP contribution in [0.15, 0.2) is 54.6 Å². The van der Waals surface area contributed by atoms with Gasteiger partial charge in [0.25, 0.3) is 0 Å². The Hall–Kier alpha value is -3.02. The van der Waals surface area contributed by atoms with Gasteiger partial charge in [0.1, 0.15) is 12.2 Å². The Kier molecular flexibility index (Phi) is 4.73. The molecule has 0 N–H and O–H groups in total. The molecule has 6 nitrogen and oxygen atoms in total. The number of likely N-dealkylation sites (tertiary alicyclic amines) is 1. The monoisotopic (exact) mass is 394 g/mol. The van der Waals surface area contributed by atoms with Gasteiger partial charge < -0.3 is 14.4 Å². The molecule has 2 aromatic carbocycles. The molecular weight excluding hydrogens is 368 g/mol. The van der Waals surface area contributed by atoms with Crippen LogP contribution in [0.25, 0.3) is 0 Å². The third-order valence-electron chi connectivity index (χ3n) is 5.24. The highest BCUT2D eigenvalue weighted by atomic mass is 16.6. The van der Waals surface area contributed by atoms with Crippen LogP contribution in [0.4, 0.5) is 15.3 Å². The Labute approximate surface area is 171 Å². The number of anilines is 1. The predicted octanol–water partition coefficient (Wildman–Crippen LogP) is 4.38. The number of fused-ring (bicyclic) bond motifs is 1. The third-order valence-corrected chi connectivity index (χ3v) is 5.24. The number of hydrogen-bond acceptors (Lipinski definition) is 4. The molecule has 0 bridgehead atoms. The van der Waals surface area contributed by atoms with E-state index in [1.165, 1.54) is 0 Å². The zero-order valence-corrected chi connectivity index (χ0v) is 17.1. The lowest BCUT2D eigenvalue weighted by Gasteiger charge is -2.51. The summed E-state index contributed by atoms with van der Waals surface area (Å²) in [6.07, 6.45) is -0.0394. The Morgan fingerprint density at radius 3 is 2.31 bits per heavy atom. The number of ether oxygens (including phenoxy) is 2. The number of nitrogens with zero attached hydrogens (tertiary/aromatic N) is 2. The normalized spacial score (nSPS) is 16.9. The second kappa shape index (κ2) is 7.10. The summed E-state index contributed by atoms with van der Waals surface area (Å²) < 4.78 is 11.1. The van der Waals surface area contributed by atoms with Crippen LogP contribution in [0.1, 0.15) is 31.9 Å². The fraction of sp³-hybridized carbons (Fsp3) is 0.391. The summed E-state index contributed by atoms with van der Waals surface area (Å²) in [5.41, 5.74) is 1.86. The van der Waals surface area contributed by atoms with E-state index in [4.69, 9.17) is 9.47 Å². The van der Waals surface area contributed by atoms with Gasteiger partial charge in [-0.25, -0.2) is 9.59 Å². The SMILES string of the molecule is CC(C)(C)OC(=O)N1CC2(Cc3ccccc3N2C(=O)OCc2ccccc2)C1.